The molecule has 0 spiro atoms. The first-order valence-corrected chi connectivity index (χ1v) is 7.34. The zero-order valence-electron chi connectivity index (χ0n) is 12.9. The van der Waals surface area contributed by atoms with E-state index in [1.165, 1.54) is 0 Å². The summed E-state index contributed by atoms with van der Waals surface area (Å²) in [6.45, 7) is 5.69. The fourth-order valence-corrected chi connectivity index (χ4v) is 2.30. The van der Waals surface area contributed by atoms with Crippen molar-refractivity contribution < 1.29 is 9.15 Å². The molecule has 2 rings (SSSR count). The highest BCUT2D eigenvalue weighted by Gasteiger charge is 2.20. The molecule has 0 aliphatic heterocycles. The van der Waals surface area contributed by atoms with Crippen molar-refractivity contribution in [1.82, 2.24) is 15.5 Å². The fourth-order valence-electron chi connectivity index (χ4n) is 2.30. The normalized spacial score (nSPS) is 14.0. The Morgan fingerprint density at radius 1 is 1.24 bits per heavy atom. The Kier molecular flexibility index (Phi) is 5.90. The van der Waals surface area contributed by atoms with Crippen LogP contribution in [0.5, 0.6) is 0 Å². The predicted molar refractivity (Wildman–Crippen MR) is 81.0 cm³/mol. The Labute approximate surface area is 125 Å². The largest absolute Gasteiger partial charge is 0.423 e. The number of rotatable bonds is 8. The van der Waals surface area contributed by atoms with E-state index in [1.807, 2.05) is 18.2 Å². The molecule has 1 heterocycles. The smallest absolute Gasteiger partial charge is 0.237 e. The zero-order chi connectivity index (χ0) is 15.1. The van der Waals surface area contributed by atoms with Crippen LogP contribution in [0, 0.1) is 5.92 Å². The van der Waals surface area contributed by atoms with E-state index in [0.29, 0.717) is 24.3 Å². The second-order valence-corrected chi connectivity index (χ2v) is 5.20. The van der Waals surface area contributed by atoms with E-state index in [2.05, 4.69) is 41.5 Å². The highest BCUT2D eigenvalue weighted by Crippen LogP contribution is 2.21. The average molecular weight is 289 g/mol. The van der Waals surface area contributed by atoms with E-state index in [-0.39, 0.29) is 6.04 Å². The van der Waals surface area contributed by atoms with Crippen molar-refractivity contribution in [2.75, 3.05) is 20.3 Å². The highest BCUT2D eigenvalue weighted by atomic mass is 16.5. The maximum absolute atomic E-state index is 5.83. The lowest BCUT2D eigenvalue weighted by atomic mass is 10.1. The van der Waals surface area contributed by atoms with Gasteiger partial charge in [-0.25, -0.2) is 0 Å². The number of aromatic nitrogens is 2. The lowest BCUT2D eigenvalue weighted by molar-refractivity contribution is 0.156. The summed E-state index contributed by atoms with van der Waals surface area (Å²) in [4.78, 5) is 0. The number of benzene rings is 1. The standard InChI is InChI=1S/C16H23N3O2/c1-4-17-15(13-8-6-5-7-9-13)16-19-18-14(21-16)10-12(2)11-20-3/h5-9,12,15,17H,4,10-11H2,1-3H3. The third-order valence-electron chi connectivity index (χ3n) is 3.24. The molecule has 0 bridgehead atoms. The maximum Gasteiger partial charge on any atom is 0.237 e. The van der Waals surface area contributed by atoms with E-state index >= 15 is 0 Å². The van der Waals surface area contributed by atoms with Crippen molar-refractivity contribution in [3.63, 3.8) is 0 Å². The van der Waals surface area contributed by atoms with Crippen molar-refractivity contribution in [2.45, 2.75) is 26.3 Å². The minimum atomic E-state index is -0.0600. The van der Waals surface area contributed by atoms with Crippen molar-refractivity contribution in [1.29, 1.82) is 0 Å². The molecule has 2 atom stereocenters. The molecule has 1 aromatic carbocycles. The van der Waals surface area contributed by atoms with Crippen molar-refractivity contribution in [2.24, 2.45) is 5.92 Å². The van der Waals surface area contributed by atoms with Crippen molar-refractivity contribution in [3.8, 4) is 0 Å². The Morgan fingerprint density at radius 2 is 2.00 bits per heavy atom. The van der Waals surface area contributed by atoms with E-state index < -0.39 is 0 Å². The molecule has 0 fully saturated rings. The van der Waals surface area contributed by atoms with Crippen molar-refractivity contribution >= 4 is 0 Å². The summed E-state index contributed by atoms with van der Waals surface area (Å²) in [5.41, 5.74) is 1.12. The third-order valence-corrected chi connectivity index (χ3v) is 3.24. The molecule has 0 aliphatic rings. The molecule has 0 saturated heterocycles. The second kappa shape index (κ2) is 7.90. The summed E-state index contributed by atoms with van der Waals surface area (Å²) >= 11 is 0. The average Bonchev–Trinajstić information content (AvgIpc) is 2.94. The van der Waals surface area contributed by atoms with E-state index in [9.17, 15) is 0 Å². The molecular weight excluding hydrogens is 266 g/mol. The molecule has 1 aromatic heterocycles. The Balaban J connectivity index is 2.13. The van der Waals surface area contributed by atoms with Gasteiger partial charge in [0, 0.05) is 20.1 Å². The second-order valence-electron chi connectivity index (χ2n) is 5.20. The van der Waals surface area contributed by atoms with Crippen LogP contribution in [0.1, 0.15) is 37.2 Å². The van der Waals surface area contributed by atoms with Crippen LogP contribution in [0.4, 0.5) is 0 Å². The molecule has 0 radical (unpaired) electrons. The quantitative estimate of drug-likeness (QED) is 0.809. The van der Waals surface area contributed by atoms with Gasteiger partial charge in [-0.3, -0.25) is 0 Å². The van der Waals surface area contributed by atoms with Gasteiger partial charge < -0.3 is 14.5 Å². The van der Waals surface area contributed by atoms with Gasteiger partial charge in [0.1, 0.15) is 6.04 Å². The molecule has 1 N–H and O–H groups in total. The van der Waals surface area contributed by atoms with Gasteiger partial charge in [0.15, 0.2) is 0 Å². The summed E-state index contributed by atoms with van der Waals surface area (Å²) < 4.78 is 11.0. The Hall–Kier alpha value is -1.72. The predicted octanol–water partition coefficient (Wildman–Crippen LogP) is 2.59. The molecule has 114 valence electrons. The number of hydrogen-bond acceptors (Lipinski definition) is 5. The number of nitrogens with zero attached hydrogens (tertiary/aromatic N) is 2. The minimum absolute atomic E-state index is 0.0600. The molecule has 21 heavy (non-hydrogen) atoms. The molecular formula is C16H23N3O2. The van der Waals surface area contributed by atoms with Crippen LogP contribution in [-0.4, -0.2) is 30.5 Å². The van der Waals surface area contributed by atoms with Crippen LogP contribution < -0.4 is 5.32 Å². The fraction of sp³-hybridized carbons (Fsp3) is 0.500. The van der Waals surface area contributed by atoms with E-state index in [0.717, 1.165) is 18.5 Å². The third kappa shape index (κ3) is 4.37. The SMILES string of the molecule is CCNC(c1ccccc1)c1nnc(CC(C)COC)o1. The highest BCUT2D eigenvalue weighted by molar-refractivity contribution is 5.23. The summed E-state index contributed by atoms with van der Waals surface area (Å²) in [5, 5.41) is 11.7. The lowest BCUT2D eigenvalue weighted by Crippen LogP contribution is -2.22. The number of nitrogens with one attached hydrogen (secondary N) is 1. The van der Waals surface area contributed by atoms with Crippen LogP contribution in [-0.2, 0) is 11.2 Å². The molecule has 2 unspecified atom stereocenters. The van der Waals surface area contributed by atoms with Gasteiger partial charge in [-0.2, -0.15) is 0 Å². The van der Waals surface area contributed by atoms with Crippen LogP contribution in [0.3, 0.4) is 0 Å². The van der Waals surface area contributed by atoms with Gasteiger partial charge >= 0.3 is 0 Å². The summed E-state index contributed by atoms with van der Waals surface area (Å²) in [7, 11) is 1.70. The molecule has 5 heteroatoms. The first-order chi connectivity index (χ1) is 10.2. The number of ether oxygens (including phenoxy) is 1. The molecule has 5 nitrogen and oxygen atoms in total. The molecule has 2 aromatic rings. The first-order valence-electron chi connectivity index (χ1n) is 7.34. The van der Waals surface area contributed by atoms with Gasteiger partial charge in [0.2, 0.25) is 11.8 Å². The minimum Gasteiger partial charge on any atom is -0.423 e. The molecule has 0 saturated carbocycles. The van der Waals surface area contributed by atoms with E-state index in [1.54, 1.807) is 7.11 Å². The van der Waals surface area contributed by atoms with Crippen LogP contribution in [0.2, 0.25) is 0 Å². The molecule has 0 amide bonds. The summed E-state index contributed by atoms with van der Waals surface area (Å²) in [5.74, 6) is 1.63. The maximum atomic E-state index is 5.83. The van der Waals surface area contributed by atoms with Gasteiger partial charge in [-0.05, 0) is 18.0 Å². The Bertz CT molecular complexity index is 527. The van der Waals surface area contributed by atoms with Crippen LogP contribution >= 0.6 is 0 Å². The van der Waals surface area contributed by atoms with Crippen LogP contribution in [0.15, 0.2) is 34.7 Å². The lowest BCUT2D eigenvalue weighted by Gasteiger charge is -2.14. The van der Waals surface area contributed by atoms with Gasteiger partial charge in [-0.15, -0.1) is 10.2 Å². The Morgan fingerprint density at radius 3 is 2.67 bits per heavy atom. The molecule has 0 aliphatic carbocycles. The first kappa shape index (κ1) is 15.7. The topological polar surface area (TPSA) is 60.2 Å². The zero-order valence-corrected chi connectivity index (χ0v) is 12.9. The number of hydrogen-bond donors (Lipinski definition) is 1. The number of methoxy groups -OCH3 is 1. The van der Waals surface area contributed by atoms with Gasteiger partial charge in [0.05, 0.1) is 0 Å². The van der Waals surface area contributed by atoms with Crippen molar-refractivity contribution in [3.05, 3.63) is 47.7 Å². The summed E-state index contributed by atoms with van der Waals surface area (Å²) in [6.07, 6.45) is 0.731. The van der Waals surface area contributed by atoms with Crippen LogP contribution in [0.25, 0.3) is 0 Å². The summed E-state index contributed by atoms with van der Waals surface area (Å²) in [6, 6.07) is 10.1. The van der Waals surface area contributed by atoms with Gasteiger partial charge in [0.25, 0.3) is 0 Å². The van der Waals surface area contributed by atoms with E-state index in [4.69, 9.17) is 9.15 Å². The monoisotopic (exact) mass is 289 g/mol. The van der Waals surface area contributed by atoms with Gasteiger partial charge in [-0.1, -0.05) is 44.2 Å².